The van der Waals surface area contributed by atoms with Gasteiger partial charge in [-0.05, 0) is 31.2 Å². The van der Waals surface area contributed by atoms with Gasteiger partial charge >= 0.3 is 6.18 Å². The van der Waals surface area contributed by atoms with Crippen molar-refractivity contribution in [1.29, 1.82) is 0 Å². The van der Waals surface area contributed by atoms with Crippen LogP contribution in [0.5, 0.6) is 0 Å². The van der Waals surface area contributed by atoms with Gasteiger partial charge < -0.3 is 0 Å². The molecule has 0 radical (unpaired) electrons. The van der Waals surface area contributed by atoms with Crippen molar-refractivity contribution in [3.05, 3.63) is 47.5 Å². The van der Waals surface area contributed by atoms with E-state index in [0.29, 0.717) is 10.2 Å². The van der Waals surface area contributed by atoms with Crippen LogP contribution in [0.25, 0.3) is 17.2 Å². The fourth-order valence-electron chi connectivity index (χ4n) is 2.20. The molecule has 0 aliphatic heterocycles. The standard InChI is InChI=1S/C15H11F4N5O2S/c1-8-3-4-10(16)9(7-8)13-20-14(15(17,18)19)23-24(13)11-5-6-12(22-21-11)27(2,25)26/h3-7H,1-2H3. The summed E-state index contributed by atoms with van der Waals surface area (Å²) >= 11 is 0. The normalized spacial score (nSPS) is 12.4. The van der Waals surface area contributed by atoms with E-state index in [1.807, 2.05) is 0 Å². The molecule has 0 aliphatic carbocycles. The Bertz CT molecular complexity index is 1110. The quantitative estimate of drug-likeness (QED) is 0.627. The second-order valence-electron chi connectivity index (χ2n) is 5.65. The van der Waals surface area contributed by atoms with E-state index in [9.17, 15) is 26.0 Å². The summed E-state index contributed by atoms with van der Waals surface area (Å²) in [6.45, 7) is 1.63. The van der Waals surface area contributed by atoms with Crippen LogP contribution >= 0.6 is 0 Å². The second kappa shape index (κ2) is 6.37. The lowest BCUT2D eigenvalue weighted by Gasteiger charge is -2.06. The number of benzene rings is 1. The molecule has 0 amide bonds. The Morgan fingerprint density at radius 2 is 1.78 bits per heavy atom. The number of sulfone groups is 1. The van der Waals surface area contributed by atoms with Crippen molar-refractivity contribution in [1.82, 2.24) is 25.0 Å². The first-order chi connectivity index (χ1) is 12.5. The lowest BCUT2D eigenvalue weighted by Crippen LogP contribution is -2.10. The van der Waals surface area contributed by atoms with E-state index >= 15 is 0 Å². The Balaban J connectivity index is 2.23. The number of halogens is 4. The topological polar surface area (TPSA) is 90.6 Å². The van der Waals surface area contributed by atoms with Crippen molar-refractivity contribution in [3.63, 3.8) is 0 Å². The molecule has 7 nitrogen and oxygen atoms in total. The molecule has 142 valence electrons. The molecule has 1 aromatic carbocycles. The summed E-state index contributed by atoms with van der Waals surface area (Å²) in [6, 6.07) is 6.02. The minimum Gasteiger partial charge on any atom is -0.222 e. The van der Waals surface area contributed by atoms with E-state index in [1.165, 1.54) is 12.1 Å². The highest BCUT2D eigenvalue weighted by atomic mass is 32.2. The predicted octanol–water partition coefficient (Wildman–Crippen LogP) is 2.59. The smallest absolute Gasteiger partial charge is 0.222 e. The summed E-state index contributed by atoms with van der Waals surface area (Å²) in [6.07, 6.45) is -3.97. The first-order valence-electron chi connectivity index (χ1n) is 7.32. The molecule has 0 unspecified atom stereocenters. The number of hydrogen-bond donors (Lipinski definition) is 0. The Kier molecular flexibility index (Phi) is 4.46. The number of nitrogens with zero attached hydrogens (tertiary/aromatic N) is 5. The Morgan fingerprint density at radius 1 is 1.07 bits per heavy atom. The van der Waals surface area contributed by atoms with Gasteiger partial charge in [-0.2, -0.15) is 17.9 Å². The number of aryl methyl sites for hydroxylation is 1. The minimum absolute atomic E-state index is 0.216. The van der Waals surface area contributed by atoms with Crippen LogP contribution in [0.15, 0.2) is 35.4 Å². The van der Waals surface area contributed by atoms with Crippen LogP contribution in [0.2, 0.25) is 0 Å². The van der Waals surface area contributed by atoms with Crippen molar-refractivity contribution in [2.24, 2.45) is 0 Å². The lowest BCUT2D eigenvalue weighted by atomic mass is 10.1. The highest BCUT2D eigenvalue weighted by Crippen LogP contribution is 2.31. The van der Waals surface area contributed by atoms with E-state index in [1.54, 1.807) is 6.92 Å². The van der Waals surface area contributed by atoms with Gasteiger partial charge in [0.25, 0.3) is 5.82 Å². The van der Waals surface area contributed by atoms with Gasteiger partial charge in [-0.3, -0.25) is 0 Å². The van der Waals surface area contributed by atoms with Crippen molar-refractivity contribution >= 4 is 9.84 Å². The monoisotopic (exact) mass is 401 g/mol. The number of aromatic nitrogens is 5. The van der Waals surface area contributed by atoms with Crippen LogP contribution in [-0.2, 0) is 16.0 Å². The molecule has 0 fully saturated rings. The van der Waals surface area contributed by atoms with Gasteiger partial charge in [0.05, 0.1) is 5.56 Å². The fraction of sp³-hybridized carbons (Fsp3) is 0.200. The van der Waals surface area contributed by atoms with Gasteiger partial charge in [0.2, 0.25) is 0 Å². The molecule has 0 saturated carbocycles. The highest BCUT2D eigenvalue weighted by molar-refractivity contribution is 7.90. The van der Waals surface area contributed by atoms with Gasteiger partial charge in [-0.25, -0.2) is 17.8 Å². The summed E-state index contributed by atoms with van der Waals surface area (Å²) in [5.41, 5.74) is 0.375. The van der Waals surface area contributed by atoms with Crippen LogP contribution in [0.4, 0.5) is 17.6 Å². The molecule has 0 atom stereocenters. The largest absolute Gasteiger partial charge is 0.453 e. The van der Waals surface area contributed by atoms with Gasteiger partial charge in [0.15, 0.2) is 26.5 Å². The molecule has 3 rings (SSSR count). The number of rotatable bonds is 3. The van der Waals surface area contributed by atoms with Gasteiger partial charge in [-0.15, -0.1) is 15.3 Å². The first kappa shape index (κ1) is 18.9. The van der Waals surface area contributed by atoms with Crippen molar-refractivity contribution in [3.8, 4) is 17.2 Å². The third-order valence-corrected chi connectivity index (χ3v) is 4.42. The third kappa shape index (κ3) is 3.79. The summed E-state index contributed by atoms with van der Waals surface area (Å²) in [7, 11) is -3.65. The Morgan fingerprint density at radius 3 is 2.33 bits per heavy atom. The zero-order valence-corrected chi connectivity index (χ0v) is 14.7. The van der Waals surface area contributed by atoms with Crippen LogP contribution in [0.1, 0.15) is 11.4 Å². The molecule has 12 heteroatoms. The highest BCUT2D eigenvalue weighted by Gasteiger charge is 2.38. The summed E-state index contributed by atoms with van der Waals surface area (Å²) in [4.78, 5) is 3.40. The van der Waals surface area contributed by atoms with E-state index in [0.717, 1.165) is 24.5 Å². The van der Waals surface area contributed by atoms with Crippen molar-refractivity contribution in [2.75, 3.05) is 6.26 Å². The third-order valence-electron chi connectivity index (χ3n) is 3.45. The Labute approximate surface area is 150 Å². The lowest BCUT2D eigenvalue weighted by molar-refractivity contribution is -0.144. The molecule has 0 N–H and O–H groups in total. The molecular weight excluding hydrogens is 390 g/mol. The van der Waals surface area contributed by atoms with Crippen LogP contribution < -0.4 is 0 Å². The van der Waals surface area contributed by atoms with Gasteiger partial charge in [0.1, 0.15) is 5.82 Å². The van der Waals surface area contributed by atoms with Crippen molar-refractivity contribution in [2.45, 2.75) is 18.1 Å². The van der Waals surface area contributed by atoms with E-state index in [-0.39, 0.29) is 16.4 Å². The molecule has 0 spiro atoms. The van der Waals surface area contributed by atoms with Gasteiger partial charge in [-0.1, -0.05) is 11.6 Å². The molecule has 27 heavy (non-hydrogen) atoms. The molecule has 0 bridgehead atoms. The SMILES string of the molecule is Cc1ccc(F)c(-c2nc(C(F)(F)F)nn2-c2ccc(S(C)(=O)=O)nn2)c1. The fourth-order valence-corrected chi connectivity index (χ4v) is 2.70. The van der Waals surface area contributed by atoms with Crippen LogP contribution in [0.3, 0.4) is 0 Å². The van der Waals surface area contributed by atoms with Crippen molar-refractivity contribution < 1.29 is 26.0 Å². The van der Waals surface area contributed by atoms with Gasteiger partial charge in [0, 0.05) is 6.26 Å². The minimum atomic E-state index is -4.87. The molecule has 0 aliphatic rings. The number of alkyl halides is 3. The summed E-state index contributed by atoms with van der Waals surface area (Å²) < 4.78 is 77.0. The second-order valence-corrected chi connectivity index (χ2v) is 7.62. The molecule has 2 heterocycles. The van der Waals surface area contributed by atoms with E-state index in [4.69, 9.17) is 0 Å². The predicted molar refractivity (Wildman–Crippen MR) is 85.2 cm³/mol. The van der Waals surface area contributed by atoms with Crippen LogP contribution in [-0.4, -0.2) is 39.6 Å². The molecular formula is C15H11F4N5O2S. The maximum Gasteiger partial charge on any atom is 0.453 e. The maximum atomic E-state index is 14.2. The van der Waals surface area contributed by atoms with E-state index < -0.39 is 33.5 Å². The maximum absolute atomic E-state index is 14.2. The van der Waals surface area contributed by atoms with Crippen LogP contribution in [0, 0.1) is 12.7 Å². The Hall–Kier alpha value is -2.89. The average Bonchev–Trinajstić information content (AvgIpc) is 3.02. The molecule has 3 aromatic rings. The molecule has 0 saturated heterocycles. The molecule has 2 aromatic heterocycles. The summed E-state index contributed by atoms with van der Waals surface area (Å²) in [5, 5.41) is 10.0. The first-order valence-corrected chi connectivity index (χ1v) is 9.21. The average molecular weight is 401 g/mol. The van der Waals surface area contributed by atoms with E-state index in [2.05, 4.69) is 20.3 Å². The zero-order valence-electron chi connectivity index (χ0n) is 13.9. The summed E-state index contributed by atoms with van der Waals surface area (Å²) in [5.74, 6) is -2.98. The number of hydrogen-bond acceptors (Lipinski definition) is 6. The zero-order chi connectivity index (χ0) is 20.0.